The van der Waals surface area contributed by atoms with Gasteiger partial charge in [-0.05, 0) is 31.6 Å². The lowest BCUT2D eigenvalue weighted by Crippen LogP contribution is -2.50. The Labute approximate surface area is 202 Å². The quantitative estimate of drug-likeness (QED) is 0.559. The molecule has 180 valence electrons. The van der Waals surface area contributed by atoms with Gasteiger partial charge >= 0.3 is 0 Å². The third kappa shape index (κ3) is 4.68. The standard InChI is InChI=1S/C23H30N8O2S/c1-15(32)21(33)30-9-7-29(8-10-30)13-17-14-34-20-18(16-11-25-22(24)26-12-16)27-23(28-19(17)20)31-5-3-2-4-6-31/h11-12,14-15,32H,2-10,13H2,1H3,(H2,24,25,26)/t15-/m0/s1. The molecule has 0 aromatic carbocycles. The second kappa shape index (κ2) is 9.77. The summed E-state index contributed by atoms with van der Waals surface area (Å²) in [5.41, 5.74) is 9.51. The van der Waals surface area contributed by atoms with Crippen molar-refractivity contribution in [1.82, 2.24) is 29.7 Å². The van der Waals surface area contributed by atoms with E-state index in [1.165, 1.54) is 13.3 Å². The van der Waals surface area contributed by atoms with Gasteiger partial charge < -0.3 is 20.6 Å². The predicted octanol–water partition coefficient (Wildman–Crippen LogP) is 1.75. The molecule has 5 heterocycles. The number of rotatable bonds is 5. The van der Waals surface area contributed by atoms with Crippen molar-refractivity contribution in [2.24, 2.45) is 0 Å². The monoisotopic (exact) mass is 482 g/mol. The summed E-state index contributed by atoms with van der Waals surface area (Å²) in [4.78, 5) is 36.8. The van der Waals surface area contributed by atoms with Crippen molar-refractivity contribution in [3.05, 3.63) is 23.3 Å². The minimum Gasteiger partial charge on any atom is -0.384 e. The number of aliphatic hydroxyl groups is 1. The van der Waals surface area contributed by atoms with Gasteiger partial charge in [-0.2, -0.15) is 0 Å². The smallest absolute Gasteiger partial charge is 0.251 e. The highest BCUT2D eigenvalue weighted by Gasteiger charge is 2.25. The van der Waals surface area contributed by atoms with Crippen LogP contribution < -0.4 is 10.6 Å². The number of hydrogen-bond acceptors (Lipinski definition) is 10. The number of nitrogens with zero attached hydrogens (tertiary/aromatic N) is 7. The van der Waals surface area contributed by atoms with Gasteiger partial charge in [0.2, 0.25) is 11.9 Å². The molecule has 0 saturated carbocycles. The molecule has 0 spiro atoms. The summed E-state index contributed by atoms with van der Waals surface area (Å²) in [6, 6.07) is 0. The number of piperidine rings is 1. The number of amides is 1. The number of carbonyl (C=O) groups excluding carboxylic acids is 1. The molecule has 3 N–H and O–H groups in total. The van der Waals surface area contributed by atoms with Gasteiger partial charge in [0, 0.05) is 69.3 Å². The van der Waals surface area contributed by atoms with E-state index in [1.54, 1.807) is 28.6 Å². The molecule has 0 bridgehead atoms. The molecule has 2 aliphatic heterocycles. The highest BCUT2D eigenvalue weighted by molar-refractivity contribution is 7.17. The Morgan fingerprint density at radius 2 is 1.79 bits per heavy atom. The first kappa shape index (κ1) is 22.9. The van der Waals surface area contributed by atoms with Crippen LogP contribution in [0.3, 0.4) is 0 Å². The molecule has 2 aliphatic rings. The summed E-state index contributed by atoms with van der Waals surface area (Å²) in [6.07, 6.45) is 6.03. The molecule has 3 aromatic rings. The van der Waals surface area contributed by atoms with Crippen LogP contribution in [0.1, 0.15) is 31.7 Å². The molecular formula is C23H30N8O2S. The largest absolute Gasteiger partial charge is 0.384 e. The minimum atomic E-state index is -0.951. The van der Waals surface area contributed by atoms with Crippen LogP contribution in [0.15, 0.2) is 17.8 Å². The van der Waals surface area contributed by atoms with Crippen molar-refractivity contribution in [2.75, 3.05) is 49.9 Å². The van der Waals surface area contributed by atoms with Crippen LogP contribution in [0.4, 0.5) is 11.9 Å². The van der Waals surface area contributed by atoms with Gasteiger partial charge in [-0.3, -0.25) is 9.69 Å². The number of fused-ring (bicyclic) bond motifs is 1. The van der Waals surface area contributed by atoms with Crippen molar-refractivity contribution in [1.29, 1.82) is 0 Å². The van der Waals surface area contributed by atoms with Crippen molar-refractivity contribution in [3.63, 3.8) is 0 Å². The lowest BCUT2D eigenvalue weighted by molar-refractivity contribution is -0.141. The van der Waals surface area contributed by atoms with E-state index in [4.69, 9.17) is 15.7 Å². The van der Waals surface area contributed by atoms with E-state index in [2.05, 4.69) is 25.1 Å². The Kier molecular flexibility index (Phi) is 6.57. The van der Waals surface area contributed by atoms with Gasteiger partial charge in [0.25, 0.3) is 5.91 Å². The predicted molar refractivity (Wildman–Crippen MR) is 132 cm³/mol. The maximum atomic E-state index is 12.1. The molecule has 2 fully saturated rings. The highest BCUT2D eigenvalue weighted by atomic mass is 32.1. The molecule has 0 aliphatic carbocycles. The summed E-state index contributed by atoms with van der Waals surface area (Å²) in [5, 5.41) is 11.8. The molecule has 10 nitrogen and oxygen atoms in total. The number of aromatic nitrogens is 4. The summed E-state index contributed by atoms with van der Waals surface area (Å²) in [6.45, 7) is 6.96. The van der Waals surface area contributed by atoms with Gasteiger partial charge in [0.15, 0.2) is 0 Å². The van der Waals surface area contributed by atoms with Gasteiger partial charge in [0.1, 0.15) is 6.10 Å². The zero-order chi connectivity index (χ0) is 23.7. The second-order valence-corrected chi connectivity index (χ2v) is 9.85. The van der Waals surface area contributed by atoms with E-state index >= 15 is 0 Å². The van der Waals surface area contributed by atoms with Crippen LogP contribution in [-0.2, 0) is 11.3 Å². The lowest BCUT2D eigenvalue weighted by atomic mass is 10.1. The Morgan fingerprint density at radius 3 is 2.47 bits per heavy atom. The number of aliphatic hydroxyl groups excluding tert-OH is 1. The Bertz CT molecular complexity index is 1150. The minimum absolute atomic E-state index is 0.199. The molecule has 34 heavy (non-hydrogen) atoms. The molecule has 11 heteroatoms. The normalized spacial score (nSPS) is 18.4. The van der Waals surface area contributed by atoms with Crippen molar-refractivity contribution < 1.29 is 9.90 Å². The van der Waals surface area contributed by atoms with E-state index in [1.807, 2.05) is 0 Å². The highest BCUT2D eigenvalue weighted by Crippen LogP contribution is 2.35. The zero-order valence-electron chi connectivity index (χ0n) is 19.4. The Balaban J connectivity index is 1.44. The summed E-state index contributed by atoms with van der Waals surface area (Å²) >= 11 is 1.64. The van der Waals surface area contributed by atoms with E-state index in [0.717, 1.165) is 78.6 Å². The van der Waals surface area contributed by atoms with E-state index < -0.39 is 6.10 Å². The van der Waals surface area contributed by atoms with Gasteiger partial charge in [-0.1, -0.05) is 0 Å². The number of piperazine rings is 1. The first-order valence-electron chi connectivity index (χ1n) is 11.8. The Morgan fingerprint density at radius 1 is 1.09 bits per heavy atom. The van der Waals surface area contributed by atoms with Crippen molar-refractivity contribution in [2.45, 2.75) is 38.8 Å². The molecule has 3 aromatic heterocycles. The van der Waals surface area contributed by atoms with E-state index in [-0.39, 0.29) is 11.9 Å². The van der Waals surface area contributed by atoms with Gasteiger partial charge in [-0.15, -0.1) is 11.3 Å². The average molecular weight is 483 g/mol. The maximum Gasteiger partial charge on any atom is 0.251 e. The SMILES string of the molecule is C[C@H](O)C(=O)N1CCN(Cc2csc3c(-c4cnc(N)nc4)nc(N4CCCCC4)nc23)CC1. The first-order valence-corrected chi connectivity index (χ1v) is 12.7. The summed E-state index contributed by atoms with van der Waals surface area (Å²) in [5.74, 6) is 0.798. The number of carbonyl (C=O) groups is 1. The van der Waals surface area contributed by atoms with E-state index in [9.17, 15) is 9.90 Å². The third-order valence-corrected chi connectivity index (χ3v) is 7.52. The maximum absolute atomic E-state index is 12.1. The molecule has 5 rings (SSSR count). The van der Waals surface area contributed by atoms with Crippen LogP contribution in [-0.4, -0.2) is 86.1 Å². The second-order valence-electron chi connectivity index (χ2n) is 8.97. The topological polar surface area (TPSA) is 125 Å². The summed E-state index contributed by atoms with van der Waals surface area (Å²) < 4.78 is 1.02. The van der Waals surface area contributed by atoms with Crippen LogP contribution in [0.2, 0.25) is 0 Å². The van der Waals surface area contributed by atoms with Gasteiger partial charge in [-0.25, -0.2) is 19.9 Å². The average Bonchev–Trinajstić information content (AvgIpc) is 3.27. The van der Waals surface area contributed by atoms with Crippen LogP contribution in [0.5, 0.6) is 0 Å². The number of nitrogen functional groups attached to an aromatic ring is 1. The van der Waals surface area contributed by atoms with Crippen LogP contribution >= 0.6 is 11.3 Å². The van der Waals surface area contributed by atoms with Crippen LogP contribution in [0.25, 0.3) is 21.5 Å². The lowest BCUT2D eigenvalue weighted by Gasteiger charge is -2.35. The zero-order valence-corrected chi connectivity index (χ0v) is 20.2. The number of anilines is 2. The van der Waals surface area contributed by atoms with Crippen molar-refractivity contribution >= 4 is 39.4 Å². The fourth-order valence-corrected chi connectivity index (χ4v) is 5.60. The third-order valence-electron chi connectivity index (χ3n) is 6.50. The van der Waals surface area contributed by atoms with Gasteiger partial charge in [0.05, 0.1) is 15.9 Å². The molecule has 2 saturated heterocycles. The molecule has 1 amide bonds. The van der Waals surface area contributed by atoms with Crippen molar-refractivity contribution in [3.8, 4) is 11.3 Å². The summed E-state index contributed by atoms with van der Waals surface area (Å²) in [7, 11) is 0. The number of nitrogens with two attached hydrogens (primary N) is 1. The van der Waals surface area contributed by atoms with E-state index in [0.29, 0.717) is 13.1 Å². The molecular weight excluding hydrogens is 452 g/mol. The number of hydrogen-bond donors (Lipinski definition) is 2. The Hall–Kier alpha value is -2.89. The molecule has 1 atom stereocenters. The first-order chi connectivity index (χ1) is 16.5. The van der Waals surface area contributed by atoms with Crippen LogP contribution in [0, 0.1) is 0 Å². The molecule has 0 unspecified atom stereocenters. The fraction of sp³-hybridized carbons (Fsp3) is 0.522. The fourth-order valence-electron chi connectivity index (χ4n) is 4.59. The molecule has 0 radical (unpaired) electrons. The number of thiophene rings is 1.